The summed E-state index contributed by atoms with van der Waals surface area (Å²) in [6, 6.07) is 43.4. The fourth-order valence-corrected chi connectivity index (χ4v) is 8.68. The molecule has 4 rings (SSSR count). The molecule has 0 heterocycles. The molecule has 1 atom stereocenters. The highest BCUT2D eigenvalue weighted by Gasteiger charge is 2.54. The van der Waals surface area contributed by atoms with Gasteiger partial charge in [0, 0.05) is 12.2 Å². The first kappa shape index (κ1) is 19.6. The molecular formula is C27H26OP+. The van der Waals surface area contributed by atoms with Gasteiger partial charge in [-0.15, -0.1) is 0 Å². The zero-order chi connectivity index (χ0) is 19.9. The molecule has 144 valence electrons. The Morgan fingerprint density at radius 1 is 0.552 bits per heavy atom. The lowest BCUT2D eigenvalue weighted by atomic mass is 10.2. The van der Waals surface area contributed by atoms with Crippen LogP contribution < -0.4 is 15.9 Å². The van der Waals surface area contributed by atoms with E-state index in [1.807, 2.05) is 0 Å². The van der Waals surface area contributed by atoms with Gasteiger partial charge in [0.05, 0.1) is 0 Å². The van der Waals surface area contributed by atoms with Crippen LogP contribution in [0, 0.1) is 0 Å². The van der Waals surface area contributed by atoms with Crippen molar-refractivity contribution in [2.45, 2.75) is 12.8 Å². The summed E-state index contributed by atoms with van der Waals surface area (Å²) >= 11 is 0. The van der Waals surface area contributed by atoms with Crippen LogP contribution in [0.5, 0.6) is 0 Å². The average Bonchev–Trinajstić information content (AvgIpc) is 2.82. The van der Waals surface area contributed by atoms with E-state index in [-0.39, 0.29) is 5.85 Å². The Balaban J connectivity index is 2.10. The standard InChI is InChI=1S/C27H26OP/c1-2-28-27(23-15-7-3-8-16-23)29(24-17-9-4-10-18-24,25-19-11-5-12-20-25)26-21-13-6-14-22-26/h3-22,27H,2H2,1H3/q+1. The third-order valence-corrected chi connectivity index (χ3v) is 9.74. The number of hydrogen-bond acceptors (Lipinski definition) is 1. The van der Waals surface area contributed by atoms with Crippen LogP contribution in [0.2, 0.25) is 0 Å². The minimum atomic E-state index is -2.12. The average molecular weight is 397 g/mol. The zero-order valence-corrected chi connectivity index (χ0v) is 17.6. The van der Waals surface area contributed by atoms with E-state index < -0.39 is 7.26 Å². The van der Waals surface area contributed by atoms with Gasteiger partial charge in [0.2, 0.25) is 5.85 Å². The molecule has 0 radical (unpaired) electrons. The lowest BCUT2D eigenvalue weighted by Crippen LogP contribution is -2.36. The molecule has 0 spiro atoms. The van der Waals surface area contributed by atoms with E-state index in [1.165, 1.54) is 21.5 Å². The molecule has 4 aromatic carbocycles. The van der Waals surface area contributed by atoms with Gasteiger partial charge in [0.15, 0.2) is 0 Å². The Hall–Kier alpha value is -2.73. The van der Waals surface area contributed by atoms with Crippen LogP contribution in [0.25, 0.3) is 0 Å². The smallest absolute Gasteiger partial charge is 0.206 e. The van der Waals surface area contributed by atoms with Crippen molar-refractivity contribution in [1.82, 2.24) is 0 Å². The molecular weight excluding hydrogens is 371 g/mol. The van der Waals surface area contributed by atoms with E-state index in [4.69, 9.17) is 4.74 Å². The van der Waals surface area contributed by atoms with Gasteiger partial charge in [-0.3, -0.25) is 0 Å². The second-order valence-corrected chi connectivity index (χ2v) is 10.4. The Labute approximate surface area is 174 Å². The zero-order valence-electron chi connectivity index (χ0n) is 16.7. The second kappa shape index (κ2) is 9.18. The van der Waals surface area contributed by atoms with Crippen molar-refractivity contribution in [1.29, 1.82) is 0 Å². The van der Waals surface area contributed by atoms with Crippen LogP contribution >= 0.6 is 7.26 Å². The monoisotopic (exact) mass is 397 g/mol. The molecule has 2 heteroatoms. The summed E-state index contributed by atoms with van der Waals surface area (Å²) in [5, 5.41) is 4.00. The molecule has 29 heavy (non-hydrogen) atoms. The maximum Gasteiger partial charge on any atom is 0.206 e. The van der Waals surface area contributed by atoms with E-state index in [9.17, 15) is 0 Å². The highest BCUT2D eigenvalue weighted by Crippen LogP contribution is 2.67. The Kier molecular flexibility index (Phi) is 6.20. The summed E-state index contributed by atoms with van der Waals surface area (Å²) in [5.41, 5.74) is 1.22. The normalized spacial score (nSPS) is 12.4. The third-order valence-electron chi connectivity index (χ3n) is 5.25. The van der Waals surface area contributed by atoms with Gasteiger partial charge in [0.25, 0.3) is 0 Å². The van der Waals surface area contributed by atoms with Crippen LogP contribution in [-0.4, -0.2) is 6.61 Å². The molecule has 0 bridgehead atoms. The van der Waals surface area contributed by atoms with E-state index in [0.29, 0.717) is 6.61 Å². The summed E-state index contributed by atoms with van der Waals surface area (Å²) in [6.07, 6.45) is 0. The third kappa shape index (κ3) is 3.77. The second-order valence-electron chi connectivity index (χ2n) is 6.95. The predicted octanol–water partition coefficient (Wildman–Crippen LogP) is 5.72. The van der Waals surface area contributed by atoms with Crippen LogP contribution in [0.1, 0.15) is 18.3 Å². The molecule has 0 N–H and O–H groups in total. The molecule has 0 aliphatic heterocycles. The SMILES string of the molecule is CCOC(c1ccccc1)[P+](c1ccccc1)(c1ccccc1)c1ccccc1. The quantitative estimate of drug-likeness (QED) is 0.363. The molecule has 0 fully saturated rings. The largest absolute Gasteiger partial charge is 0.339 e. The topological polar surface area (TPSA) is 9.23 Å². The molecule has 1 nitrogen and oxygen atoms in total. The first-order valence-corrected chi connectivity index (χ1v) is 11.9. The number of benzene rings is 4. The molecule has 0 aliphatic rings. The fourth-order valence-electron chi connectivity index (χ4n) is 4.05. The molecule has 0 aliphatic carbocycles. The molecule has 4 aromatic rings. The van der Waals surface area contributed by atoms with Crippen molar-refractivity contribution in [2.75, 3.05) is 6.61 Å². The number of hydrogen-bond donors (Lipinski definition) is 0. The Morgan fingerprint density at radius 2 is 0.897 bits per heavy atom. The lowest BCUT2D eigenvalue weighted by Gasteiger charge is -2.34. The highest BCUT2D eigenvalue weighted by atomic mass is 31.2. The molecule has 1 unspecified atom stereocenters. The maximum atomic E-state index is 6.61. The Morgan fingerprint density at radius 3 is 1.24 bits per heavy atom. The molecule has 0 amide bonds. The minimum absolute atomic E-state index is 0.0547. The number of ether oxygens (including phenoxy) is 1. The summed E-state index contributed by atoms with van der Waals surface area (Å²) in [6.45, 7) is 2.75. The summed E-state index contributed by atoms with van der Waals surface area (Å²) in [7, 11) is -2.12. The first-order valence-electron chi connectivity index (χ1n) is 10.1. The number of rotatable bonds is 7. The van der Waals surface area contributed by atoms with Gasteiger partial charge >= 0.3 is 0 Å². The van der Waals surface area contributed by atoms with Gasteiger partial charge in [-0.1, -0.05) is 84.9 Å². The summed E-state index contributed by atoms with van der Waals surface area (Å²) in [4.78, 5) is 0. The van der Waals surface area contributed by atoms with Crippen LogP contribution in [0.15, 0.2) is 121 Å². The van der Waals surface area contributed by atoms with E-state index in [2.05, 4.69) is 128 Å². The van der Waals surface area contributed by atoms with Gasteiger partial charge in [0.1, 0.15) is 23.2 Å². The van der Waals surface area contributed by atoms with E-state index in [0.717, 1.165) is 0 Å². The maximum absolute atomic E-state index is 6.61. The van der Waals surface area contributed by atoms with Crippen molar-refractivity contribution >= 4 is 23.2 Å². The van der Waals surface area contributed by atoms with Gasteiger partial charge in [-0.25, -0.2) is 0 Å². The Bertz CT molecular complexity index is 905. The lowest BCUT2D eigenvalue weighted by molar-refractivity contribution is 0.122. The van der Waals surface area contributed by atoms with Crippen molar-refractivity contribution < 1.29 is 4.74 Å². The van der Waals surface area contributed by atoms with Crippen molar-refractivity contribution in [3.63, 3.8) is 0 Å². The fraction of sp³-hybridized carbons (Fsp3) is 0.111. The van der Waals surface area contributed by atoms with E-state index >= 15 is 0 Å². The van der Waals surface area contributed by atoms with Crippen LogP contribution in [0.4, 0.5) is 0 Å². The van der Waals surface area contributed by atoms with Crippen molar-refractivity contribution in [3.8, 4) is 0 Å². The molecule has 0 saturated heterocycles. The summed E-state index contributed by atoms with van der Waals surface area (Å²) < 4.78 is 6.61. The highest BCUT2D eigenvalue weighted by molar-refractivity contribution is 7.95. The van der Waals surface area contributed by atoms with Crippen molar-refractivity contribution in [2.24, 2.45) is 0 Å². The van der Waals surface area contributed by atoms with Crippen molar-refractivity contribution in [3.05, 3.63) is 127 Å². The van der Waals surface area contributed by atoms with Crippen LogP contribution in [0.3, 0.4) is 0 Å². The van der Waals surface area contributed by atoms with E-state index in [1.54, 1.807) is 0 Å². The van der Waals surface area contributed by atoms with Gasteiger partial charge in [-0.2, -0.15) is 0 Å². The first-order chi connectivity index (χ1) is 14.4. The molecule has 0 aromatic heterocycles. The van der Waals surface area contributed by atoms with Crippen LogP contribution in [-0.2, 0) is 4.74 Å². The van der Waals surface area contributed by atoms with Gasteiger partial charge in [-0.05, 0) is 43.3 Å². The minimum Gasteiger partial charge on any atom is -0.339 e. The van der Waals surface area contributed by atoms with Gasteiger partial charge < -0.3 is 4.74 Å². The summed E-state index contributed by atoms with van der Waals surface area (Å²) in [5.74, 6) is -0.0547. The predicted molar refractivity (Wildman–Crippen MR) is 126 cm³/mol. The molecule has 0 saturated carbocycles.